The largest absolute Gasteiger partial charge is 0.388 e. The molecule has 0 unspecified atom stereocenters. The van der Waals surface area contributed by atoms with Gasteiger partial charge in [-0.25, -0.2) is 0 Å². The van der Waals surface area contributed by atoms with Crippen molar-refractivity contribution in [3.63, 3.8) is 0 Å². The number of nitrogens with one attached hydrogen (secondary N) is 1. The third kappa shape index (κ3) is 2.44. The predicted molar refractivity (Wildman–Crippen MR) is 51.2 cm³/mol. The van der Waals surface area contributed by atoms with Gasteiger partial charge in [0.1, 0.15) is 0 Å². The van der Waals surface area contributed by atoms with Crippen LogP contribution in [0.25, 0.3) is 0 Å². The summed E-state index contributed by atoms with van der Waals surface area (Å²) < 4.78 is 0. The fraction of sp³-hybridized carbons (Fsp3) is 0.900. The molecule has 0 aliphatic heterocycles. The van der Waals surface area contributed by atoms with Crippen molar-refractivity contribution in [2.75, 3.05) is 0 Å². The molecule has 2 N–H and O–H groups in total. The van der Waals surface area contributed by atoms with E-state index in [0.717, 1.165) is 19.3 Å². The SMILES string of the molecule is CC(C)C(=O)N[C@@H]1CCC[C@@]1(C)O. The Balaban J connectivity index is 2.50. The first-order valence-electron chi connectivity index (χ1n) is 4.96. The number of rotatable bonds is 2. The second-order valence-electron chi connectivity index (χ2n) is 4.47. The zero-order chi connectivity index (χ0) is 10.1. The van der Waals surface area contributed by atoms with Crippen LogP contribution in [-0.4, -0.2) is 22.7 Å². The molecule has 3 nitrogen and oxygen atoms in total. The smallest absolute Gasteiger partial charge is 0.222 e. The molecule has 1 aliphatic carbocycles. The summed E-state index contributed by atoms with van der Waals surface area (Å²) in [6.45, 7) is 5.52. The minimum absolute atomic E-state index is 0.00333. The van der Waals surface area contributed by atoms with Crippen molar-refractivity contribution in [1.82, 2.24) is 5.32 Å². The highest BCUT2D eigenvalue weighted by Crippen LogP contribution is 2.29. The molecule has 1 aliphatic rings. The maximum Gasteiger partial charge on any atom is 0.222 e. The van der Waals surface area contributed by atoms with E-state index in [9.17, 15) is 9.90 Å². The molecule has 0 aromatic carbocycles. The third-order valence-corrected chi connectivity index (χ3v) is 2.77. The van der Waals surface area contributed by atoms with Crippen LogP contribution in [0.3, 0.4) is 0 Å². The summed E-state index contributed by atoms with van der Waals surface area (Å²) in [5.41, 5.74) is -0.704. The summed E-state index contributed by atoms with van der Waals surface area (Å²) in [5, 5.41) is 12.7. The molecule has 0 radical (unpaired) electrons. The first-order valence-corrected chi connectivity index (χ1v) is 4.96. The minimum Gasteiger partial charge on any atom is -0.388 e. The average Bonchev–Trinajstić information content (AvgIpc) is 2.30. The topological polar surface area (TPSA) is 49.3 Å². The maximum absolute atomic E-state index is 11.4. The predicted octanol–water partition coefficient (Wildman–Crippen LogP) is 1.06. The van der Waals surface area contributed by atoms with E-state index >= 15 is 0 Å². The monoisotopic (exact) mass is 185 g/mol. The summed E-state index contributed by atoms with van der Waals surface area (Å²) in [4.78, 5) is 11.4. The van der Waals surface area contributed by atoms with Gasteiger partial charge in [0.05, 0.1) is 11.6 Å². The van der Waals surface area contributed by atoms with Gasteiger partial charge in [0.25, 0.3) is 0 Å². The Morgan fingerprint density at radius 1 is 1.62 bits per heavy atom. The fourth-order valence-electron chi connectivity index (χ4n) is 1.72. The first kappa shape index (κ1) is 10.5. The van der Waals surface area contributed by atoms with Gasteiger partial charge in [0.15, 0.2) is 0 Å². The number of hydrogen-bond acceptors (Lipinski definition) is 2. The Kier molecular flexibility index (Phi) is 2.96. The molecule has 3 heteroatoms. The molecule has 13 heavy (non-hydrogen) atoms. The summed E-state index contributed by atoms with van der Waals surface area (Å²) in [6, 6.07) is -0.0533. The molecule has 1 amide bonds. The van der Waals surface area contributed by atoms with Crippen LogP contribution in [0.1, 0.15) is 40.0 Å². The molecule has 1 saturated carbocycles. The first-order chi connectivity index (χ1) is 5.93. The van der Waals surface area contributed by atoms with Gasteiger partial charge in [-0.05, 0) is 26.2 Å². The van der Waals surface area contributed by atoms with Crippen molar-refractivity contribution in [3.8, 4) is 0 Å². The van der Waals surface area contributed by atoms with Crippen LogP contribution in [-0.2, 0) is 4.79 Å². The molecule has 2 atom stereocenters. The van der Waals surface area contributed by atoms with Gasteiger partial charge in [-0.3, -0.25) is 4.79 Å². The van der Waals surface area contributed by atoms with Crippen molar-refractivity contribution < 1.29 is 9.90 Å². The van der Waals surface area contributed by atoms with Crippen molar-refractivity contribution in [2.45, 2.75) is 51.7 Å². The fourth-order valence-corrected chi connectivity index (χ4v) is 1.72. The zero-order valence-electron chi connectivity index (χ0n) is 8.63. The average molecular weight is 185 g/mol. The molecule has 0 heterocycles. The van der Waals surface area contributed by atoms with Crippen molar-refractivity contribution in [3.05, 3.63) is 0 Å². The van der Waals surface area contributed by atoms with Crippen molar-refractivity contribution >= 4 is 5.91 Å². The number of carbonyl (C=O) groups excluding carboxylic acids is 1. The van der Waals surface area contributed by atoms with Gasteiger partial charge in [-0.2, -0.15) is 0 Å². The van der Waals surface area contributed by atoms with Gasteiger partial charge in [0, 0.05) is 5.92 Å². The lowest BCUT2D eigenvalue weighted by Gasteiger charge is -2.27. The molecular formula is C10H19NO2. The highest BCUT2D eigenvalue weighted by molar-refractivity contribution is 5.78. The summed E-state index contributed by atoms with van der Waals surface area (Å²) in [6.07, 6.45) is 2.68. The summed E-state index contributed by atoms with van der Waals surface area (Å²) in [5.74, 6) is 0.0311. The molecule has 76 valence electrons. The van der Waals surface area contributed by atoms with Crippen LogP contribution < -0.4 is 5.32 Å². The lowest BCUT2D eigenvalue weighted by molar-refractivity contribution is -0.126. The molecular weight excluding hydrogens is 166 g/mol. The van der Waals surface area contributed by atoms with E-state index < -0.39 is 5.60 Å². The van der Waals surface area contributed by atoms with Gasteiger partial charge >= 0.3 is 0 Å². The second-order valence-corrected chi connectivity index (χ2v) is 4.47. The van der Waals surface area contributed by atoms with E-state index in [0.29, 0.717) is 0 Å². The number of amides is 1. The van der Waals surface area contributed by atoms with E-state index in [2.05, 4.69) is 5.32 Å². The van der Waals surface area contributed by atoms with Crippen LogP contribution in [0.5, 0.6) is 0 Å². The lowest BCUT2D eigenvalue weighted by atomic mass is 10.00. The molecule has 0 spiro atoms. The van der Waals surface area contributed by atoms with Crippen LogP contribution in [0.15, 0.2) is 0 Å². The standard InChI is InChI=1S/C10H19NO2/c1-7(2)9(12)11-8-5-4-6-10(8,3)13/h7-8,13H,4-6H2,1-3H3,(H,11,12)/t8-,10-/m1/s1. The molecule has 0 bridgehead atoms. The third-order valence-electron chi connectivity index (χ3n) is 2.77. The maximum atomic E-state index is 11.4. The zero-order valence-corrected chi connectivity index (χ0v) is 8.63. The van der Waals surface area contributed by atoms with Crippen LogP contribution in [0, 0.1) is 5.92 Å². The Morgan fingerprint density at radius 2 is 2.23 bits per heavy atom. The normalized spacial score (nSPS) is 33.8. The van der Waals surface area contributed by atoms with E-state index in [4.69, 9.17) is 0 Å². The molecule has 1 fully saturated rings. The number of aliphatic hydroxyl groups is 1. The molecule has 0 saturated heterocycles. The van der Waals surface area contributed by atoms with Gasteiger partial charge in [-0.1, -0.05) is 13.8 Å². The van der Waals surface area contributed by atoms with E-state index in [1.165, 1.54) is 0 Å². The van der Waals surface area contributed by atoms with Gasteiger partial charge < -0.3 is 10.4 Å². The Bertz CT molecular complexity index is 199. The van der Waals surface area contributed by atoms with Gasteiger partial charge in [0.2, 0.25) is 5.91 Å². The Hall–Kier alpha value is -0.570. The van der Waals surface area contributed by atoms with Crippen LogP contribution >= 0.6 is 0 Å². The van der Waals surface area contributed by atoms with E-state index in [1.807, 2.05) is 13.8 Å². The molecule has 0 aromatic heterocycles. The van der Waals surface area contributed by atoms with Gasteiger partial charge in [-0.15, -0.1) is 0 Å². The lowest BCUT2D eigenvalue weighted by Crippen LogP contribution is -2.48. The van der Waals surface area contributed by atoms with Crippen molar-refractivity contribution in [1.29, 1.82) is 0 Å². The van der Waals surface area contributed by atoms with Crippen molar-refractivity contribution in [2.24, 2.45) is 5.92 Å². The second kappa shape index (κ2) is 3.66. The highest BCUT2D eigenvalue weighted by atomic mass is 16.3. The Labute approximate surface area is 79.5 Å². The quantitative estimate of drug-likeness (QED) is 0.676. The van der Waals surface area contributed by atoms with Crippen LogP contribution in [0.2, 0.25) is 0 Å². The molecule has 1 rings (SSSR count). The summed E-state index contributed by atoms with van der Waals surface area (Å²) >= 11 is 0. The van der Waals surface area contributed by atoms with Crippen LogP contribution in [0.4, 0.5) is 0 Å². The van der Waals surface area contributed by atoms with E-state index in [1.54, 1.807) is 6.92 Å². The van der Waals surface area contributed by atoms with E-state index in [-0.39, 0.29) is 17.9 Å². The highest BCUT2D eigenvalue weighted by Gasteiger charge is 2.37. The minimum atomic E-state index is -0.704. The number of hydrogen-bond donors (Lipinski definition) is 2. The number of carbonyl (C=O) groups is 1. The summed E-state index contributed by atoms with van der Waals surface area (Å²) in [7, 11) is 0. The Morgan fingerprint density at radius 3 is 2.62 bits per heavy atom. The molecule has 0 aromatic rings.